The van der Waals surface area contributed by atoms with Crippen LogP contribution in [0, 0.1) is 0 Å². The van der Waals surface area contributed by atoms with Gasteiger partial charge in [-0.15, -0.1) is 0 Å². The van der Waals surface area contributed by atoms with Crippen LogP contribution in [0.25, 0.3) is 0 Å². The number of nitrogens with zero attached hydrogens (tertiary/aromatic N) is 3. The first-order valence-corrected chi connectivity index (χ1v) is 14.4. The van der Waals surface area contributed by atoms with E-state index in [-0.39, 0.29) is 5.91 Å². The van der Waals surface area contributed by atoms with Gasteiger partial charge in [-0.1, -0.05) is 58.4 Å². The van der Waals surface area contributed by atoms with Gasteiger partial charge in [-0.25, -0.2) is 0 Å². The lowest BCUT2D eigenvalue weighted by molar-refractivity contribution is 0.0511. The molecule has 218 valence electrons. The Morgan fingerprint density at radius 1 is 0.769 bits per heavy atom. The van der Waals surface area contributed by atoms with Crippen molar-refractivity contribution in [2.24, 2.45) is 5.73 Å². The number of nitrogens with one attached hydrogen (secondary N) is 4. The van der Waals surface area contributed by atoms with Crippen molar-refractivity contribution in [3.05, 3.63) is 29.8 Å². The molecule has 6 N–H and O–H groups in total. The van der Waals surface area contributed by atoms with E-state index in [0.29, 0.717) is 68.6 Å². The van der Waals surface area contributed by atoms with Crippen molar-refractivity contribution in [3.8, 4) is 0 Å². The van der Waals surface area contributed by atoms with E-state index in [1.54, 1.807) is 12.1 Å². The molecule has 0 saturated carbocycles. The SMILES string of the molecule is CCCCCCCCNc1nc(NCCCC)nc(Nc2cccc(C(=O)NCCOCCOCCN)c2)n1. The Hall–Kier alpha value is -3.02. The number of unbranched alkanes of at least 4 members (excludes halogenated alkanes) is 6. The molecule has 1 aromatic heterocycles. The first-order chi connectivity index (χ1) is 19.2. The van der Waals surface area contributed by atoms with Crippen molar-refractivity contribution in [2.45, 2.75) is 65.2 Å². The van der Waals surface area contributed by atoms with E-state index in [1.807, 2.05) is 12.1 Å². The minimum atomic E-state index is -0.180. The van der Waals surface area contributed by atoms with E-state index >= 15 is 0 Å². The van der Waals surface area contributed by atoms with Crippen LogP contribution < -0.4 is 27.0 Å². The predicted octanol–water partition coefficient (Wildman–Crippen LogP) is 4.32. The molecule has 0 spiro atoms. The Kier molecular flexibility index (Phi) is 17.2. The van der Waals surface area contributed by atoms with E-state index in [0.717, 1.165) is 32.4 Å². The molecule has 11 heteroatoms. The maximum Gasteiger partial charge on any atom is 0.251 e. The van der Waals surface area contributed by atoms with E-state index in [4.69, 9.17) is 15.2 Å². The largest absolute Gasteiger partial charge is 0.378 e. The van der Waals surface area contributed by atoms with Crippen LogP contribution in [0.5, 0.6) is 0 Å². The molecular weight excluding hydrogens is 496 g/mol. The zero-order chi connectivity index (χ0) is 28.0. The molecule has 0 fully saturated rings. The standard InChI is InChI=1S/C28H48N8O3/c1-3-5-7-8-9-10-16-32-27-34-26(31-15-6-4-2)35-28(36-27)33-24-13-11-12-23(22-24)25(37)30-17-19-39-21-20-38-18-14-29/h11-13,22H,3-10,14-21,29H2,1-2H3,(H,30,37)(H3,31,32,33,34,35,36). The summed E-state index contributed by atoms with van der Waals surface area (Å²) in [6, 6.07) is 7.23. The van der Waals surface area contributed by atoms with Crippen LogP contribution in [0.2, 0.25) is 0 Å². The third-order valence-corrected chi connectivity index (χ3v) is 5.81. The molecule has 2 aromatic rings. The van der Waals surface area contributed by atoms with Crippen LogP contribution in [0.4, 0.5) is 23.5 Å². The summed E-state index contributed by atoms with van der Waals surface area (Å²) < 4.78 is 10.7. The van der Waals surface area contributed by atoms with Crippen LogP contribution in [0.15, 0.2) is 24.3 Å². The van der Waals surface area contributed by atoms with Gasteiger partial charge in [0.05, 0.1) is 26.4 Å². The van der Waals surface area contributed by atoms with Gasteiger partial charge in [0.2, 0.25) is 17.8 Å². The quantitative estimate of drug-likeness (QED) is 0.128. The van der Waals surface area contributed by atoms with E-state index in [2.05, 4.69) is 50.1 Å². The highest BCUT2D eigenvalue weighted by atomic mass is 16.5. The lowest BCUT2D eigenvalue weighted by Gasteiger charge is -2.12. The molecular formula is C28H48N8O3. The van der Waals surface area contributed by atoms with Gasteiger partial charge in [0.25, 0.3) is 5.91 Å². The van der Waals surface area contributed by atoms with Crippen molar-refractivity contribution in [1.82, 2.24) is 20.3 Å². The molecule has 0 aliphatic rings. The average molecular weight is 545 g/mol. The molecule has 2 rings (SSSR count). The molecule has 11 nitrogen and oxygen atoms in total. The Morgan fingerprint density at radius 2 is 1.41 bits per heavy atom. The molecule has 0 radical (unpaired) electrons. The third-order valence-electron chi connectivity index (χ3n) is 5.81. The summed E-state index contributed by atoms with van der Waals surface area (Å²) in [6.07, 6.45) is 9.46. The van der Waals surface area contributed by atoms with Gasteiger partial charge in [0.1, 0.15) is 0 Å². The number of anilines is 4. The number of rotatable bonds is 23. The van der Waals surface area contributed by atoms with Crippen molar-refractivity contribution in [1.29, 1.82) is 0 Å². The summed E-state index contributed by atoms with van der Waals surface area (Å²) in [5.41, 5.74) is 6.62. The zero-order valence-electron chi connectivity index (χ0n) is 23.8. The molecule has 1 aromatic carbocycles. The summed E-state index contributed by atoms with van der Waals surface area (Å²) in [5, 5.41) is 12.7. The van der Waals surface area contributed by atoms with Crippen molar-refractivity contribution in [3.63, 3.8) is 0 Å². The second-order valence-electron chi connectivity index (χ2n) is 9.26. The molecule has 0 atom stereocenters. The highest BCUT2D eigenvalue weighted by Crippen LogP contribution is 2.18. The van der Waals surface area contributed by atoms with Crippen molar-refractivity contribution in [2.75, 3.05) is 68.6 Å². The number of hydrogen-bond donors (Lipinski definition) is 5. The van der Waals surface area contributed by atoms with Crippen LogP contribution in [0.1, 0.15) is 75.6 Å². The normalized spacial score (nSPS) is 10.8. The third kappa shape index (κ3) is 14.6. The van der Waals surface area contributed by atoms with Crippen LogP contribution >= 0.6 is 0 Å². The van der Waals surface area contributed by atoms with Crippen molar-refractivity contribution < 1.29 is 14.3 Å². The Balaban J connectivity index is 1.91. The van der Waals surface area contributed by atoms with Crippen molar-refractivity contribution >= 4 is 29.4 Å². The topological polar surface area (TPSA) is 148 Å². The number of benzene rings is 1. The lowest BCUT2D eigenvalue weighted by Crippen LogP contribution is -2.27. The molecule has 0 saturated heterocycles. The molecule has 0 bridgehead atoms. The first-order valence-electron chi connectivity index (χ1n) is 14.4. The molecule has 0 unspecified atom stereocenters. The number of aromatic nitrogens is 3. The second kappa shape index (κ2) is 20.9. The van der Waals surface area contributed by atoms with Crippen LogP contribution in [-0.4, -0.2) is 73.5 Å². The molecule has 1 heterocycles. The molecule has 39 heavy (non-hydrogen) atoms. The average Bonchev–Trinajstić information content (AvgIpc) is 2.94. The van der Waals surface area contributed by atoms with E-state index in [9.17, 15) is 4.79 Å². The summed E-state index contributed by atoms with van der Waals surface area (Å²) >= 11 is 0. The summed E-state index contributed by atoms with van der Waals surface area (Å²) in [5.74, 6) is 1.29. The highest BCUT2D eigenvalue weighted by Gasteiger charge is 2.10. The van der Waals surface area contributed by atoms with E-state index < -0.39 is 0 Å². The first kappa shape index (κ1) is 32.2. The van der Waals surface area contributed by atoms with Gasteiger partial charge in [-0.2, -0.15) is 15.0 Å². The van der Waals surface area contributed by atoms with Gasteiger partial charge in [0, 0.05) is 37.4 Å². The van der Waals surface area contributed by atoms with Gasteiger partial charge in [-0.05, 0) is 31.0 Å². The minimum Gasteiger partial charge on any atom is -0.378 e. The van der Waals surface area contributed by atoms with Gasteiger partial charge in [-0.3, -0.25) is 4.79 Å². The maximum absolute atomic E-state index is 12.6. The Morgan fingerprint density at radius 3 is 2.13 bits per heavy atom. The summed E-state index contributed by atoms with van der Waals surface area (Å²) in [6.45, 7) is 8.74. The number of carbonyl (C=O) groups is 1. The van der Waals surface area contributed by atoms with Gasteiger partial charge < -0.3 is 36.5 Å². The summed E-state index contributed by atoms with van der Waals surface area (Å²) in [7, 11) is 0. The fraction of sp³-hybridized carbons (Fsp3) is 0.643. The number of carbonyl (C=O) groups excluding carboxylic acids is 1. The number of ether oxygens (including phenoxy) is 2. The number of amides is 1. The maximum atomic E-state index is 12.6. The molecule has 1 amide bonds. The smallest absolute Gasteiger partial charge is 0.251 e. The van der Waals surface area contributed by atoms with Crippen LogP contribution in [0.3, 0.4) is 0 Å². The minimum absolute atomic E-state index is 0.180. The Bertz CT molecular complexity index is 931. The highest BCUT2D eigenvalue weighted by molar-refractivity contribution is 5.95. The fourth-order valence-corrected chi connectivity index (χ4v) is 3.68. The lowest BCUT2D eigenvalue weighted by atomic mass is 10.1. The van der Waals surface area contributed by atoms with Gasteiger partial charge >= 0.3 is 0 Å². The predicted molar refractivity (Wildman–Crippen MR) is 158 cm³/mol. The van der Waals surface area contributed by atoms with Crippen LogP contribution in [-0.2, 0) is 9.47 Å². The zero-order valence-corrected chi connectivity index (χ0v) is 23.8. The second-order valence-corrected chi connectivity index (χ2v) is 9.26. The van der Waals surface area contributed by atoms with E-state index in [1.165, 1.54) is 32.1 Å². The summed E-state index contributed by atoms with van der Waals surface area (Å²) in [4.78, 5) is 26.2. The number of nitrogens with two attached hydrogens (primary N) is 1. The van der Waals surface area contributed by atoms with Gasteiger partial charge in [0.15, 0.2) is 0 Å². The molecule has 0 aliphatic carbocycles. The molecule has 0 aliphatic heterocycles. The monoisotopic (exact) mass is 544 g/mol. The Labute approximate surface area is 233 Å². The number of hydrogen-bond acceptors (Lipinski definition) is 10. The fourth-order valence-electron chi connectivity index (χ4n) is 3.68.